The van der Waals surface area contributed by atoms with E-state index in [1.807, 2.05) is 6.26 Å². The van der Waals surface area contributed by atoms with Gasteiger partial charge in [0.05, 0.1) is 0 Å². The zero-order valence-corrected chi connectivity index (χ0v) is 10.5. The number of hydrogen-bond donors (Lipinski definition) is 2. The van der Waals surface area contributed by atoms with Crippen molar-refractivity contribution in [3.8, 4) is 0 Å². The highest BCUT2D eigenvalue weighted by atomic mass is 32.2. The fourth-order valence-electron chi connectivity index (χ4n) is 1.97. The number of rotatable bonds is 2. The molecule has 1 atom stereocenters. The molecule has 14 heavy (non-hydrogen) atoms. The molecule has 0 saturated heterocycles. The topological polar surface area (TPSA) is 29.1 Å². The molecule has 0 heterocycles. The number of carbonyl (C=O) groups excluding carboxylic acids is 1. The second-order valence-corrected chi connectivity index (χ2v) is 5.58. The summed E-state index contributed by atoms with van der Waals surface area (Å²) in [6.07, 6.45) is 6.44. The molecule has 0 aromatic heterocycles. The van der Waals surface area contributed by atoms with Gasteiger partial charge in [-0.05, 0) is 37.9 Å². The van der Waals surface area contributed by atoms with Gasteiger partial charge in [0.15, 0.2) is 0 Å². The lowest BCUT2D eigenvalue weighted by molar-refractivity contribution is 0.246. The number of carbonyl (C=O) groups is 1. The summed E-state index contributed by atoms with van der Waals surface area (Å²) in [6.45, 7) is 2.16. The van der Waals surface area contributed by atoms with Gasteiger partial charge in [-0.1, -0.05) is 18.7 Å². The number of hydrogen-bond acceptors (Lipinski definition) is 3. The normalized spacial score (nSPS) is 29.6. The van der Waals surface area contributed by atoms with Crippen LogP contribution in [-0.2, 0) is 0 Å². The molecular formula is C10H19NOS2. The minimum atomic E-state index is 0.104. The monoisotopic (exact) mass is 233 g/mol. The highest BCUT2D eigenvalue weighted by Gasteiger charge is 2.24. The van der Waals surface area contributed by atoms with E-state index in [1.165, 1.54) is 24.6 Å². The summed E-state index contributed by atoms with van der Waals surface area (Å²) in [4.78, 5) is 11.1. The molecule has 0 aromatic rings. The van der Waals surface area contributed by atoms with E-state index in [4.69, 9.17) is 0 Å². The summed E-state index contributed by atoms with van der Waals surface area (Å²) >= 11 is 5.73. The Morgan fingerprint density at radius 2 is 2.00 bits per heavy atom. The molecule has 0 aliphatic heterocycles. The van der Waals surface area contributed by atoms with Gasteiger partial charge in [0.2, 0.25) is 0 Å². The second-order valence-electron chi connectivity index (χ2n) is 3.99. The maximum atomic E-state index is 11.1. The molecule has 82 valence electrons. The third-order valence-corrected chi connectivity index (χ3v) is 3.87. The number of amides is 1. The Hall–Kier alpha value is 0.170. The van der Waals surface area contributed by atoms with Crippen molar-refractivity contribution in [3.05, 3.63) is 0 Å². The van der Waals surface area contributed by atoms with Crippen LogP contribution in [0.3, 0.4) is 0 Å². The number of thiol groups is 1. The van der Waals surface area contributed by atoms with Crippen LogP contribution in [0.5, 0.6) is 0 Å². The standard InChI is InChI=1S/C10H19NOS2/c1-7(13)8-3-5-9(6-4-8)11-10(12)14-2/h7-9,13H,3-6H2,1-2H3,(H,11,12). The third kappa shape index (κ3) is 3.73. The fraction of sp³-hybridized carbons (Fsp3) is 0.900. The first kappa shape index (κ1) is 12.2. The van der Waals surface area contributed by atoms with Gasteiger partial charge in [-0.3, -0.25) is 4.79 Å². The molecule has 4 heteroatoms. The molecular weight excluding hydrogens is 214 g/mol. The van der Waals surface area contributed by atoms with Crippen molar-refractivity contribution in [2.75, 3.05) is 6.26 Å². The molecule has 1 saturated carbocycles. The van der Waals surface area contributed by atoms with E-state index in [2.05, 4.69) is 24.9 Å². The summed E-state index contributed by atoms with van der Waals surface area (Å²) < 4.78 is 0. The second kappa shape index (κ2) is 5.91. The fourth-order valence-corrected chi connectivity index (χ4v) is 2.55. The first-order valence-electron chi connectivity index (χ1n) is 5.16. The first-order chi connectivity index (χ1) is 6.63. The molecule has 2 nitrogen and oxygen atoms in total. The molecule has 0 spiro atoms. The van der Waals surface area contributed by atoms with E-state index in [-0.39, 0.29) is 5.24 Å². The quantitative estimate of drug-likeness (QED) is 0.718. The van der Waals surface area contributed by atoms with Gasteiger partial charge in [-0.2, -0.15) is 12.6 Å². The predicted octanol–water partition coefficient (Wildman–Crippen LogP) is 2.94. The van der Waals surface area contributed by atoms with E-state index in [0.29, 0.717) is 11.3 Å². The smallest absolute Gasteiger partial charge is 0.278 e. The lowest BCUT2D eigenvalue weighted by Gasteiger charge is -2.30. The molecule has 1 fully saturated rings. The van der Waals surface area contributed by atoms with Crippen LogP contribution in [0.15, 0.2) is 0 Å². The minimum absolute atomic E-state index is 0.104. The van der Waals surface area contributed by atoms with Gasteiger partial charge in [0.1, 0.15) is 0 Å². The lowest BCUT2D eigenvalue weighted by atomic mass is 9.84. The molecule has 1 unspecified atom stereocenters. The maximum Gasteiger partial charge on any atom is 0.278 e. The van der Waals surface area contributed by atoms with Gasteiger partial charge in [-0.25, -0.2) is 0 Å². The van der Waals surface area contributed by atoms with E-state index >= 15 is 0 Å². The van der Waals surface area contributed by atoms with E-state index in [0.717, 1.165) is 18.8 Å². The van der Waals surface area contributed by atoms with Crippen molar-refractivity contribution < 1.29 is 4.79 Å². The van der Waals surface area contributed by atoms with Crippen LogP contribution in [0.4, 0.5) is 4.79 Å². The summed E-state index contributed by atoms with van der Waals surface area (Å²) in [5.74, 6) is 0.737. The zero-order chi connectivity index (χ0) is 10.6. The Kier molecular flexibility index (Phi) is 5.17. The Bertz CT molecular complexity index is 189. The van der Waals surface area contributed by atoms with Crippen LogP contribution in [0.25, 0.3) is 0 Å². The SMILES string of the molecule is CSC(=O)NC1CCC(C(C)S)CC1. The molecule has 0 bridgehead atoms. The van der Waals surface area contributed by atoms with E-state index in [9.17, 15) is 4.79 Å². The van der Waals surface area contributed by atoms with Gasteiger partial charge in [-0.15, -0.1) is 0 Å². The highest BCUT2D eigenvalue weighted by Crippen LogP contribution is 2.29. The Morgan fingerprint density at radius 1 is 1.43 bits per heavy atom. The van der Waals surface area contributed by atoms with Crippen molar-refractivity contribution in [1.29, 1.82) is 0 Å². The third-order valence-electron chi connectivity index (χ3n) is 2.96. The van der Waals surface area contributed by atoms with Crippen LogP contribution in [0.1, 0.15) is 32.6 Å². The lowest BCUT2D eigenvalue weighted by Crippen LogP contribution is -2.36. The van der Waals surface area contributed by atoms with Crippen LogP contribution < -0.4 is 5.32 Å². The van der Waals surface area contributed by atoms with Crippen molar-refractivity contribution in [2.24, 2.45) is 5.92 Å². The van der Waals surface area contributed by atoms with Gasteiger partial charge in [0.25, 0.3) is 5.24 Å². The molecule has 1 aliphatic rings. The molecule has 0 aromatic carbocycles. The van der Waals surface area contributed by atoms with Crippen LogP contribution in [-0.4, -0.2) is 22.8 Å². The summed E-state index contributed by atoms with van der Waals surface area (Å²) in [5.41, 5.74) is 0. The van der Waals surface area contributed by atoms with Crippen molar-refractivity contribution in [1.82, 2.24) is 5.32 Å². The average molecular weight is 233 g/mol. The zero-order valence-electron chi connectivity index (χ0n) is 8.82. The highest BCUT2D eigenvalue weighted by molar-refractivity contribution is 8.12. The Morgan fingerprint density at radius 3 is 2.43 bits per heavy atom. The van der Waals surface area contributed by atoms with E-state index in [1.54, 1.807) is 0 Å². The summed E-state index contributed by atoms with van der Waals surface area (Å²) in [6, 6.07) is 0.401. The van der Waals surface area contributed by atoms with E-state index < -0.39 is 0 Å². The average Bonchev–Trinajstić information content (AvgIpc) is 2.18. The van der Waals surface area contributed by atoms with Crippen molar-refractivity contribution in [3.63, 3.8) is 0 Å². The molecule has 1 amide bonds. The minimum Gasteiger partial charge on any atom is -0.344 e. The maximum absolute atomic E-state index is 11.1. The Labute approximate surface area is 96.0 Å². The van der Waals surface area contributed by atoms with Crippen molar-refractivity contribution >= 4 is 29.6 Å². The molecule has 1 N–H and O–H groups in total. The number of thioether (sulfide) groups is 1. The summed E-state index contributed by atoms with van der Waals surface area (Å²) in [5, 5.41) is 3.62. The summed E-state index contributed by atoms with van der Waals surface area (Å²) in [7, 11) is 0. The largest absolute Gasteiger partial charge is 0.344 e. The Balaban J connectivity index is 2.25. The predicted molar refractivity (Wildman–Crippen MR) is 66.2 cm³/mol. The van der Waals surface area contributed by atoms with Crippen LogP contribution in [0, 0.1) is 5.92 Å². The first-order valence-corrected chi connectivity index (χ1v) is 6.90. The van der Waals surface area contributed by atoms with Crippen molar-refractivity contribution in [2.45, 2.75) is 43.9 Å². The van der Waals surface area contributed by atoms with Crippen LogP contribution >= 0.6 is 24.4 Å². The number of nitrogens with one attached hydrogen (secondary N) is 1. The molecule has 1 rings (SSSR count). The van der Waals surface area contributed by atoms with Gasteiger partial charge < -0.3 is 5.32 Å². The van der Waals surface area contributed by atoms with Gasteiger partial charge >= 0.3 is 0 Å². The molecule has 1 aliphatic carbocycles. The van der Waals surface area contributed by atoms with Crippen LogP contribution in [0.2, 0.25) is 0 Å². The van der Waals surface area contributed by atoms with Gasteiger partial charge in [0, 0.05) is 11.3 Å². The molecule has 0 radical (unpaired) electrons.